The van der Waals surface area contributed by atoms with E-state index in [4.69, 9.17) is 16.9 Å². The lowest BCUT2D eigenvalue weighted by atomic mass is 10.2. The van der Waals surface area contributed by atoms with Gasteiger partial charge < -0.3 is 4.90 Å². The third kappa shape index (κ3) is 3.33. The third-order valence-corrected chi connectivity index (χ3v) is 2.22. The van der Waals surface area contributed by atoms with Crippen LogP contribution in [0.15, 0.2) is 18.3 Å². The average molecular weight is 210 g/mol. The molecule has 1 aromatic rings. The Hall–Kier alpha value is -1.11. The molecular formula is C10H12ClN3. The molecule has 1 rings (SSSR count). The van der Waals surface area contributed by atoms with Crippen molar-refractivity contribution in [2.45, 2.75) is 13.0 Å². The van der Waals surface area contributed by atoms with Crippen LogP contribution in [0.4, 0.5) is 0 Å². The van der Waals surface area contributed by atoms with Crippen molar-refractivity contribution in [2.75, 3.05) is 13.6 Å². The van der Waals surface area contributed by atoms with Gasteiger partial charge >= 0.3 is 0 Å². The minimum absolute atomic E-state index is 0.536. The maximum atomic E-state index is 8.42. The average Bonchev–Trinajstić information content (AvgIpc) is 2.18. The van der Waals surface area contributed by atoms with E-state index in [2.05, 4.69) is 11.1 Å². The number of rotatable bonds is 4. The summed E-state index contributed by atoms with van der Waals surface area (Å²) in [4.78, 5) is 6.03. The number of aromatic nitrogens is 1. The minimum Gasteiger partial charge on any atom is -0.301 e. The first-order valence-corrected chi connectivity index (χ1v) is 4.76. The Morgan fingerprint density at radius 1 is 1.64 bits per heavy atom. The zero-order valence-electron chi connectivity index (χ0n) is 8.07. The first-order valence-electron chi connectivity index (χ1n) is 4.39. The molecule has 0 aliphatic heterocycles. The highest BCUT2D eigenvalue weighted by atomic mass is 35.5. The number of halogens is 1. The Balaban J connectivity index is 2.52. The molecule has 0 atom stereocenters. The van der Waals surface area contributed by atoms with Crippen molar-refractivity contribution in [3.63, 3.8) is 0 Å². The summed E-state index contributed by atoms with van der Waals surface area (Å²) in [5.41, 5.74) is 0.995. The van der Waals surface area contributed by atoms with Gasteiger partial charge in [0.05, 0.1) is 6.07 Å². The highest BCUT2D eigenvalue weighted by molar-refractivity contribution is 6.30. The van der Waals surface area contributed by atoms with Crippen molar-refractivity contribution in [1.82, 2.24) is 9.88 Å². The maximum Gasteiger partial charge on any atom is 0.133 e. The summed E-state index contributed by atoms with van der Waals surface area (Å²) in [6, 6.07) is 5.91. The summed E-state index contributed by atoms with van der Waals surface area (Å²) >= 11 is 5.90. The SMILES string of the molecule is CN(CCC#N)Cc1cccnc1Cl. The molecule has 0 spiro atoms. The van der Waals surface area contributed by atoms with Crippen molar-refractivity contribution in [1.29, 1.82) is 5.26 Å². The van der Waals surface area contributed by atoms with Crippen LogP contribution in [0.25, 0.3) is 0 Å². The van der Waals surface area contributed by atoms with Crippen LogP contribution >= 0.6 is 11.6 Å². The van der Waals surface area contributed by atoms with Gasteiger partial charge in [0.1, 0.15) is 5.15 Å². The Morgan fingerprint density at radius 3 is 3.07 bits per heavy atom. The summed E-state index contributed by atoms with van der Waals surface area (Å²) in [5, 5.41) is 8.96. The monoisotopic (exact) mass is 209 g/mol. The summed E-state index contributed by atoms with van der Waals surface area (Å²) in [5.74, 6) is 0. The molecular weight excluding hydrogens is 198 g/mol. The number of nitriles is 1. The molecule has 3 nitrogen and oxygen atoms in total. The molecule has 0 aromatic carbocycles. The van der Waals surface area contributed by atoms with Gasteiger partial charge in [-0.3, -0.25) is 0 Å². The van der Waals surface area contributed by atoms with Gasteiger partial charge in [0.2, 0.25) is 0 Å². The van der Waals surface area contributed by atoms with Gasteiger partial charge in [-0.2, -0.15) is 5.26 Å². The van der Waals surface area contributed by atoms with Crippen molar-refractivity contribution in [2.24, 2.45) is 0 Å². The van der Waals surface area contributed by atoms with Crippen LogP contribution in [0.5, 0.6) is 0 Å². The topological polar surface area (TPSA) is 39.9 Å². The number of nitrogens with zero attached hydrogens (tertiary/aromatic N) is 3. The zero-order chi connectivity index (χ0) is 10.4. The quantitative estimate of drug-likeness (QED) is 0.713. The van der Waals surface area contributed by atoms with E-state index in [9.17, 15) is 0 Å². The van der Waals surface area contributed by atoms with Crippen LogP contribution < -0.4 is 0 Å². The fraction of sp³-hybridized carbons (Fsp3) is 0.400. The minimum atomic E-state index is 0.536. The van der Waals surface area contributed by atoms with Crippen LogP contribution in [0.3, 0.4) is 0 Å². The molecule has 1 aromatic heterocycles. The van der Waals surface area contributed by atoms with Crippen molar-refractivity contribution >= 4 is 11.6 Å². The van der Waals surface area contributed by atoms with Gasteiger partial charge in [-0.15, -0.1) is 0 Å². The molecule has 0 saturated carbocycles. The largest absolute Gasteiger partial charge is 0.301 e. The van der Waals surface area contributed by atoms with Crippen LogP contribution in [-0.4, -0.2) is 23.5 Å². The molecule has 14 heavy (non-hydrogen) atoms. The van der Waals surface area contributed by atoms with E-state index in [0.717, 1.165) is 18.7 Å². The molecule has 0 aliphatic carbocycles. The normalized spacial score (nSPS) is 10.1. The van der Waals surface area contributed by atoms with Crippen LogP contribution in [-0.2, 0) is 6.54 Å². The Morgan fingerprint density at radius 2 is 2.43 bits per heavy atom. The molecule has 0 saturated heterocycles. The fourth-order valence-corrected chi connectivity index (χ4v) is 1.33. The summed E-state index contributed by atoms with van der Waals surface area (Å²) < 4.78 is 0. The third-order valence-electron chi connectivity index (χ3n) is 1.88. The standard InChI is InChI=1S/C10H12ClN3/c1-14(7-3-5-12)8-9-4-2-6-13-10(9)11/h2,4,6H,3,7-8H2,1H3. The van der Waals surface area contributed by atoms with Gasteiger partial charge in [0, 0.05) is 31.3 Å². The molecule has 0 bridgehead atoms. The highest BCUT2D eigenvalue weighted by Crippen LogP contribution is 2.13. The van der Waals surface area contributed by atoms with Crippen LogP contribution in [0.1, 0.15) is 12.0 Å². The second-order valence-corrected chi connectivity index (χ2v) is 3.46. The van der Waals surface area contributed by atoms with E-state index < -0.39 is 0 Å². The molecule has 4 heteroatoms. The predicted molar refractivity (Wildman–Crippen MR) is 55.8 cm³/mol. The molecule has 0 amide bonds. The zero-order valence-corrected chi connectivity index (χ0v) is 8.83. The molecule has 0 unspecified atom stereocenters. The van der Waals surface area contributed by atoms with E-state index in [0.29, 0.717) is 11.6 Å². The number of hydrogen-bond donors (Lipinski definition) is 0. The van der Waals surface area contributed by atoms with E-state index in [1.54, 1.807) is 6.20 Å². The summed E-state index contributed by atoms with van der Waals surface area (Å²) in [7, 11) is 1.96. The lowest BCUT2D eigenvalue weighted by Crippen LogP contribution is -2.19. The molecule has 0 aliphatic rings. The number of hydrogen-bond acceptors (Lipinski definition) is 3. The Bertz CT molecular complexity index is 332. The Labute approximate surface area is 88.9 Å². The fourth-order valence-electron chi connectivity index (χ4n) is 1.15. The summed E-state index contributed by atoms with van der Waals surface area (Å²) in [6.45, 7) is 1.48. The predicted octanol–water partition coefficient (Wildman–Crippen LogP) is 2.08. The lowest BCUT2D eigenvalue weighted by molar-refractivity contribution is 0.334. The highest BCUT2D eigenvalue weighted by Gasteiger charge is 2.03. The van der Waals surface area contributed by atoms with Crippen molar-refractivity contribution in [3.8, 4) is 6.07 Å². The maximum absolute atomic E-state index is 8.42. The molecule has 74 valence electrons. The first-order chi connectivity index (χ1) is 6.74. The van der Waals surface area contributed by atoms with Crippen molar-refractivity contribution < 1.29 is 0 Å². The van der Waals surface area contributed by atoms with Crippen LogP contribution in [0, 0.1) is 11.3 Å². The second kappa shape index (κ2) is 5.58. The number of pyridine rings is 1. The van der Waals surface area contributed by atoms with E-state index in [-0.39, 0.29) is 0 Å². The van der Waals surface area contributed by atoms with Gasteiger partial charge in [-0.1, -0.05) is 17.7 Å². The first kappa shape index (κ1) is 11.0. The Kier molecular flexibility index (Phi) is 4.37. The molecule has 0 radical (unpaired) electrons. The van der Waals surface area contributed by atoms with E-state index >= 15 is 0 Å². The van der Waals surface area contributed by atoms with Crippen LogP contribution in [0.2, 0.25) is 5.15 Å². The smallest absolute Gasteiger partial charge is 0.133 e. The van der Waals surface area contributed by atoms with E-state index in [1.165, 1.54) is 0 Å². The molecule has 1 heterocycles. The van der Waals surface area contributed by atoms with E-state index in [1.807, 2.05) is 24.1 Å². The van der Waals surface area contributed by atoms with Gasteiger partial charge in [0.15, 0.2) is 0 Å². The van der Waals surface area contributed by atoms with Gasteiger partial charge in [-0.25, -0.2) is 4.98 Å². The van der Waals surface area contributed by atoms with Gasteiger partial charge in [-0.05, 0) is 13.1 Å². The summed E-state index contributed by atoms with van der Waals surface area (Å²) in [6.07, 6.45) is 2.20. The van der Waals surface area contributed by atoms with Gasteiger partial charge in [0.25, 0.3) is 0 Å². The molecule has 0 fully saturated rings. The second-order valence-electron chi connectivity index (χ2n) is 3.10. The molecule has 0 N–H and O–H groups in total. The lowest BCUT2D eigenvalue weighted by Gasteiger charge is -2.14. The van der Waals surface area contributed by atoms with Crippen molar-refractivity contribution in [3.05, 3.63) is 29.0 Å².